The topological polar surface area (TPSA) is 82.8 Å². The molecule has 110 valence electrons. The quantitative estimate of drug-likeness (QED) is 0.862. The lowest BCUT2D eigenvalue weighted by atomic mass is 10.2. The van der Waals surface area contributed by atoms with E-state index in [9.17, 15) is 14.7 Å². The molecule has 0 aliphatic carbocycles. The molecule has 1 fully saturated rings. The van der Waals surface area contributed by atoms with E-state index in [1.54, 1.807) is 16.8 Å². The number of rotatable bonds is 4. The summed E-state index contributed by atoms with van der Waals surface area (Å²) < 4.78 is 2.58. The van der Waals surface area contributed by atoms with E-state index < -0.39 is 18.1 Å². The predicted molar refractivity (Wildman–Crippen MR) is 75.5 cm³/mol. The van der Waals surface area contributed by atoms with Gasteiger partial charge in [-0.05, 0) is 28.4 Å². The molecule has 1 amide bonds. The molecule has 0 unspecified atom stereocenters. The van der Waals surface area contributed by atoms with Crippen molar-refractivity contribution in [3.8, 4) is 0 Å². The minimum Gasteiger partial charge on any atom is -0.480 e. The Bertz CT molecular complexity index is 528. The molecule has 2 atom stereocenters. The Hall–Kier alpha value is -1.34. The summed E-state index contributed by atoms with van der Waals surface area (Å²) in [6, 6.07) is 0.725. The lowest BCUT2D eigenvalue weighted by Crippen LogP contribution is -2.41. The van der Waals surface area contributed by atoms with Crippen molar-refractivity contribution in [1.29, 1.82) is 0 Å². The number of amides is 1. The summed E-state index contributed by atoms with van der Waals surface area (Å²) in [6.07, 6.45) is 1.97. The number of aliphatic hydroxyl groups excluding tert-OH is 1. The van der Waals surface area contributed by atoms with Gasteiger partial charge in [0.1, 0.15) is 11.7 Å². The third-order valence-corrected chi connectivity index (χ3v) is 3.81. The van der Waals surface area contributed by atoms with Crippen molar-refractivity contribution >= 4 is 27.8 Å². The second kappa shape index (κ2) is 5.97. The minimum absolute atomic E-state index is 0.0602. The Balaban J connectivity index is 2.28. The normalized spacial score (nSPS) is 22.2. The lowest BCUT2D eigenvalue weighted by molar-refractivity contribution is -0.141. The Labute approximate surface area is 125 Å². The van der Waals surface area contributed by atoms with E-state index in [1.807, 2.05) is 6.92 Å². The number of aromatic nitrogens is 1. The first-order valence-corrected chi connectivity index (χ1v) is 7.30. The number of β-amino-alcohol motifs (C(OH)–C–C–N with tert-alkyl or cyclic N) is 1. The number of aliphatic hydroxyl groups is 1. The number of aryl methyl sites for hydroxylation is 1. The van der Waals surface area contributed by atoms with Gasteiger partial charge >= 0.3 is 5.97 Å². The maximum absolute atomic E-state index is 12.5. The van der Waals surface area contributed by atoms with Crippen LogP contribution in [0.5, 0.6) is 0 Å². The molecule has 20 heavy (non-hydrogen) atoms. The van der Waals surface area contributed by atoms with Crippen LogP contribution < -0.4 is 0 Å². The summed E-state index contributed by atoms with van der Waals surface area (Å²) in [5.74, 6) is -1.43. The standard InChI is InChI=1S/C13H17BrN2O4/c1-2-3-15-6-8(14)4-10(15)12(18)16-7-9(17)5-11(16)13(19)20/h4,6,9,11,17H,2-3,5,7H2,1H3,(H,19,20)/t9-,11+/m1/s1. The van der Waals surface area contributed by atoms with Crippen molar-refractivity contribution in [1.82, 2.24) is 9.47 Å². The number of hydrogen-bond acceptors (Lipinski definition) is 3. The number of carbonyl (C=O) groups excluding carboxylic acids is 1. The molecule has 1 aromatic heterocycles. The van der Waals surface area contributed by atoms with Crippen LogP contribution in [0.2, 0.25) is 0 Å². The van der Waals surface area contributed by atoms with Gasteiger partial charge in [0.15, 0.2) is 0 Å². The molecule has 1 aromatic rings. The minimum atomic E-state index is -1.08. The van der Waals surface area contributed by atoms with Crippen LogP contribution in [-0.4, -0.2) is 50.2 Å². The van der Waals surface area contributed by atoms with Crippen molar-refractivity contribution < 1.29 is 19.8 Å². The van der Waals surface area contributed by atoms with E-state index >= 15 is 0 Å². The summed E-state index contributed by atoms with van der Waals surface area (Å²) in [5, 5.41) is 18.8. The van der Waals surface area contributed by atoms with Crippen LogP contribution in [0.1, 0.15) is 30.3 Å². The maximum Gasteiger partial charge on any atom is 0.326 e. The lowest BCUT2D eigenvalue weighted by Gasteiger charge is -2.21. The smallest absolute Gasteiger partial charge is 0.326 e. The SMILES string of the molecule is CCCn1cc(Br)cc1C(=O)N1C[C@H](O)C[C@H]1C(=O)O. The molecule has 1 saturated heterocycles. The van der Waals surface area contributed by atoms with Gasteiger partial charge in [0.25, 0.3) is 5.91 Å². The summed E-state index contributed by atoms with van der Waals surface area (Å²) in [6.45, 7) is 2.74. The van der Waals surface area contributed by atoms with E-state index in [4.69, 9.17) is 5.11 Å². The van der Waals surface area contributed by atoms with Gasteiger partial charge in [-0.15, -0.1) is 0 Å². The molecule has 7 heteroatoms. The Morgan fingerprint density at radius 3 is 2.80 bits per heavy atom. The highest BCUT2D eigenvalue weighted by Crippen LogP contribution is 2.23. The van der Waals surface area contributed by atoms with Gasteiger partial charge in [-0.2, -0.15) is 0 Å². The number of halogens is 1. The summed E-state index contributed by atoms with van der Waals surface area (Å²) in [5.41, 5.74) is 0.444. The summed E-state index contributed by atoms with van der Waals surface area (Å²) in [4.78, 5) is 25.0. The average molecular weight is 345 g/mol. The zero-order chi connectivity index (χ0) is 14.9. The van der Waals surface area contributed by atoms with Crippen LogP contribution in [-0.2, 0) is 11.3 Å². The molecule has 1 aliphatic heterocycles. The maximum atomic E-state index is 12.5. The average Bonchev–Trinajstić information content (AvgIpc) is 2.92. The fourth-order valence-electron chi connectivity index (χ4n) is 2.50. The first-order valence-electron chi connectivity index (χ1n) is 6.51. The second-order valence-electron chi connectivity index (χ2n) is 4.94. The van der Waals surface area contributed by atoms with Crippen LogP contribution in [0, 0.1) is 0 Å². The Morgan fingerprint density at radius 1 is 1.50 bits per heavy atom. The number of nitrogens with zero attached hydrogens (tertiary/aromatic N) is 2. The molecular formula is C13H17BrN2O4. The van der Waals surface area contributed by atoms with Crippen LogP contribution in [0.4, 0.5) is 0 Å². The number of aliphatic carboxylic acids is 1. The van der Waals surface area contributed by atoms with Gasteiger partial charge in [0, 0.05) is 30.2 Å². The monoisotopic (exact) mass is 344 g/mol. The summed E-state index contributed by atoms with van der Waals surface area (Å²) in [7, 11) is 0. The first kappa shape index (κ1) is 15.1. The third-order valence-electron chi connectivity index (χ3n) is 3.37. The number of carboxylic acid groups (broad SMARTS) is 1. The van der Waals surface area contributed by atoms with Crippen LogP contribution in [0.15, 0.2) is 16.7 Å². The number of carboxylic acids is 1. The van der Waals surface area contributed by atoms with E-state index in [0.717, 1.165) is 10.9 Å². The molecule has 0 radical (unpaired) electrons. The predicted octanol–water partition coefficient (Wildman–Crippen LogP) is 1.32. The van der Waals surface area contributed by atoms with Gasteiger partial charge in [0.05, 0.1) is 6.10 Å². The number of hydrogen-bond donors (Lipinski definition) is 2. The second-order valence-corrected chi connectivity index (χ2v) is 5.85. The molecular weight excluding hydrogens is 328 g/mol. The highest BCUT2D eigenvalue weighted by atomic mass is 79.9. The first-order chi connectivity index (χ1) is 9.43. The number of likely N-dealkylation sites (tertiary alicyclic amines) is 1. The van der Waals surface area contributed by atoms with Crippen molar-refractivity contribution in [2.75, 3.05) is 6.54 Å². The summed E-state index contributed by atoms with van der Waals surface area (Å²) >= 11 is 3.33. The van der Waals surface area contributed by atoms with Crippen LogP contribution >= 0.6 is 15.9 Å². The largest absolute Gasteiger partial charge is 0.480 e. The van der Waals surface area contributed by atoms with Gasteiger partial charge in [-0.1, -0.05) is 6.92 Å². The molecule has 1 aliphatic rings. The van der Waals surface area contributed by atoms with Crippen molar-refractivity contribution in [3.63, 3.8) is 0 Å². The van der Waals surface area contributed by atoms with Gasteiger partial charge in [0.2, 0.25) is 0 Å². The zero-order valence-electron chi connectivity index (χ0n) is 11.1. The molecule has 0 spiro atoms. The molecule has 2 N–H and O–H groups in total. The Kier molecular flexibility index (Phi) is 4.49. The fraction of sp³-hybridized carbons (Fsp3) is 0.538. The molecule has 0 saturated carbocycles. The van der Waals surface area contributed by atoms with Crippen LogP contribution in [0.3, 0.4) is 0 Å². The van der Waals surface area contributed by atoms with Crippen molar-refractivity contribution in [2.24, 2.45) is 0 Å². The van der Waals surface area contributed by atoms with Crippen molar-refractivity contribution in [3.05, 3.63) is 22.4 Å². The van der Waals surface area contributed by atoms with Gasteiger partial charge in [-0.25, -0.2) is 4.79 Å². The molecule has 2 heterocycles. The molecule has 0 aromatic carbocycles. The van der Waals surface area contributed by atoms with Crippen molar-refractivity contribution in [2.45, 2.75) is 38.5 Å². The molecule has 0 bridgehead atoms. The third kappa shape index (κ3) is 2.88. The fourth-order valence-corrected chi connectivity index (χ4v) is 2.96. The van der Waals surface area contributed by atoms with E-state index in [0.29, 0.717) is 12.2 Å². The van der Waals surface area contributed by atoms with Gasteiger partial charge in [-0.3, -0.25) is 4.79 Å². The Morgan fingerprint density at radius 2 is 2.20 bits per heavy atom. The highest BCUT2D eigenvalue weighted by Gasteiger charge is 2.40. The highest BCUT2D eigenvalue weighted by molar-refractivity contribution is 9.10. The van der Waals surface area contributed by atoms with E-state index in [-0.39, 0.29) is 18.9 Å². The zero-order valence-corrected chi connectivity index (χ0v) is 12.7. The van der Waals surface area contributed by atoms with E-state index in [2.05, 4.69) is 15.9 Å². The number of carbonyl (C=O) groups is 2. The van der Waals surface area contributed by atoms with Gasteiger partial charge < -0.3 is 19.7 Å². The van der Waals surface area contributed by atoms with Crippen LogP contribution in [0.25, 0.3) is 0 Å². The molecule has 2 rings (SSSR count). The molecule has 6 nitrogen and oxygen atoms in total. The van der Waals surface area contributed by atoms with E-state index in [1.165, 1.54) is 4.90 Å².